The number of carbonyl (C=O) groups is 1. The number of carbonyl (C=O) groups excluding carboxylic acids is 1. The number of hydrogen-bond acceptors (Lipinski definition) is 3. The lowest BCUT2D eigenvalue weighted by Gasteiger charge is -2.20. The van der Waals surface area contributed by atoms with Crippen LogP contribution in [0.5, 0.6) is 0 Å². The van der Waals surface area contributed by atoms with Gasteiger partial charge in [-0.15, -0.1) is 0 Å². The van der Waals surface area contributed by atoms with Gasteiger partial charge in [0.25, 0.3) is 0 Å². The molecule has 24 heavy (non-hydrogen) atoms. The summed E-state index contributed by atoms with van der Waals surface area (Å²) in [6, 6.07) is 14.1. The van der Waals surface area contributed by atoms with Gasteiger partial charge in [0.15, 0.2) is 0 Å². The first kappa shape index (κ1) is 15.5. The summed E-state index contributed by atoms with van der Waals surface area (Å²) >= 11 is 6.46. The molecule has 3 N–H and O–H groups in total. The van der Waals surface area contributed by atoms with Gasteiger partial charge < -0.3 is 5.32 Å². The molecule has 1 aliphatic carbocycles. The van der Waals surface area contributed by atoms with Crippen LogP contribution in [-0.2, 0) is 11.2 Å². The van der Waals surface area contributed by atoms with Crippen molar-refractivity contribution >= 4 is 23.2 Å². The van der Waals surface area contributed by atoms with Crippen LogP contribution in [0, 0.1) is 5.92 Å². The molecule has 1 fully saturated rings. The van der Waals surface area contributed by atoms with Crippen LogP contribution in [-0.4, -0.2) is 17.7 Å². The van der Waals surface area contributed by atoms with E-state index in [1.807, 2.05) is 41.9 Å². The summed E-state index contributed by atoms with van der Waals surface area (Å²) in [4.78, 5) is 12.1. The van der Waals surface area contributed by atoms with E-state index in [2.05, 4.69) is 11.4 Å². The van der Waals surface area contributed by atoms with Crippen molar-refractivity contribution in [1.82, 2.24) is 5.48 Å². The monoisotopic (exact) mass is 342 g/mol. The molecular weight excluding hydrogens is 324 g/mol. The summed E-state index contributed by atoms with van der Waals surface area (Å²) in [5.74, 6) is -0.475. The first-order valence-electron chi connectivity index (χ1n) is 8.26. The van der Waals surface area contributed by atoms with E-state index in [4.69, 9.17) is 16.8 Å². The molecule has 0 bridgehead atoms. The van der Waals surface area contributed by atoms with Crippen molar-refractivity contribution in [3.63, 3.8) is 0 Å². The highest BCUT2D eigenvalue weighted by Gasteiger charge is 2.56. The van der Waals surface area contributed by atoms with Crippen LogP contribution < -0.4 is 10.8 Å². The van der Waals surface area contributed by atoms with Crippen molar-refractivity contribution in [2.75, 3.05) is 11.9 Å². The largest absolute Gasteiger partial charge is 0.384 e. The second-order valence-electron chi connectivity index (χ2n) is 6.53. The second kappa shape index (κ2) is 6.11. The maximum absolute atomic E-state index is 12.1. The van der Waals surface area contributed by atoms with Gasteiger partial charge in [0.2, 0.25) is 5.91 Å². The standard InChI is InChI=1S/C19H19ClN2O2/c20-14-10-13(9-12-7-4-8-21-18(12)14)16-15(17(16)19(23)22-24)11-5-2-1-3-6-11/h1-3,5-6,9-10,15-17,21,24H,4,7-8H2,(H,22,23)/t15-,16-,17-/m1/s1. The Kier molecular flexibility index (Phi) is 3.94. The predicted molar refractivity (Wildman–Crippen MR) is 93.6 cm³/mol. The third-order valence-electron chi connectivity index (χ3n) is 5.12. The highest BCUT2D eigenvalue weighted by Crippen LogP contribution is 2.61. The van der Waals surface area contributed by atoms with Crippen LogP contribution in [0.2, 0.25) is 5.02 Å². The highest BCUT2D eigenvalue weighted by atomic mass is 35.5. The molecule has 0 spiro atoms. The first-order chi connectivity index (χ1) is 11.7. The summed E-state index contributed by atoms with van der Waals surface area (Å²) in [7, 11) is 0. The fraction of sp³-hybridized carbons (Fsp3) is 0.316. The van der Waals surface area contributed by atoms with Crippen LogP contribution in [0.25, 0.3) is 0 Å². The molecule has 1 amide bonds. The predicted octanol–water partition coefficient (Wildman–Crippen LogP) is 3.70. The Balaban J connectivity index is 1.72. The van der Waals surface area contributed by atoms with E-state index in [0.717, 1.165) is 36.2 Å². The van der Waals surface area contributed by atoms with Crippen LogP contribution in [0.1, 0.15) is 34.9 Å². The number of amides is 1. The van der Waals surface area contributed by atoms with Gasteiger partial charge >= 0.3 is 0 Å². The molecular formula is C19H19ClN2O2. The minimum absolute atomic E-state index is 0.0456. The zero-order valence-electron chi connectivity index (χ0n) is 13.1. The Morgan fingerprint density at radius 2 is 1.92 bits per heavy atom. The molecule has 4 rings (SSSR count). The number of halogens is 1. The second-order valence-corrected chi connectivity index (χ2v) is 6.94. The number of benzene rings is 2. The third kappa shape index (κ3) is 2.56. The lowest BCUT2D eigenvalue weighted by atomic mass is 9.97. The molecule has 0 unspecified atom stereocenters. The van der Waals surface area contributed by atoms with Gasteiger partial charge in [0.05, 0.1) is 16.6 Å². The molecule has 2 aliphatic rings. The molecule has 4 nitrogen and oxygen atoms in total. The number of aryl methyl sites for hydroxylation is 1. The van der Waals surface area contributed by atoms with E-state index >= 15 is 0 Å². The Hall–Kier alpha value is -2.04. The van der Waals surface area contributed by atoms with Gasteiger partial charge in [-0.1, -0.05) is 48.0 Å². The summed E-state index contributed by atoms with van der Waals surface area (Å²) in [6.45, 7) is 0.942. The smallest absolute Gasteiger partial charge is 0.247 e. The summed E-state index contributed by atoms with van der Waals surface area (Å²) in [5.41, 5.74) is 6.24. The average molecular weight is 343 g/mol. The zero-order valence-corrected chi connectivity index (χ0v) is 13.9. The molecule has 3 atom stereocenters. The SMILES string of the molecule is O=C(NO)[C@@H]1[C@H](c2ccccc2)[C@H]1c1cc(Cl)c2c(c1)CCCN2. The number of hydroxylamine groups is 1. The van der Waals surface area contributed by atoms with Gasteiger partial charge in [-0.3, -0.25) is 10.0 Å². The zero-order chi connectivity index (χ0) is 16.7. The van der Waals surface area contributed by atoms with Crippen LogP contribution in [0.3, 0.4) is 0 Å². The lowest BCUT2D eigenvalue weighted by molar-refractivity contribution is -0.130. The molecule has 0 saturated heterocycles. The summed E-state index contributed by atoms with van der Waals surface area (Å²) in [5, 5.41) is 13.2. The van der Waals surface area contributed by atoms with Crippen molar-refractivity contribution in [2.24, 2.45) is 5.92 Å². The molecule has 0 radical (unpaired) electrons. The fourth-order valence-corrected chi connectivity index (χ4v) is 4.30. The number of anilines is 1. The van der Waals surface area contributed by atoms with E-state index in [1.54, 1.807) is 0 Å². The van der Waals surface area contributed by atoms with Crippen molar-refractivity contribution in [3.05, 3.63) is 64.2 Å². The van der Waals surface area contributed by atoms with Crippen LogP contribution in [0.4, 0.5) is 5.69 Å². The van der Waals surface area contributed by atoms with Gasteiger partial charge in [0, 0.05) is 18.4 Å². The molecule has 0 aromatic heterocycles. The number of fused-ring (bicyclic) bond motifs is 1. The summed E-state index contributed by atoms with van der Waals surface area (Å²) in [6.07, 6.45) is 2.08. The van der Waals surface area contributed by atoms with Gasteiger partial charge in [-0.25, -0.2) is 5.48 Å². The van der Waals surface area contributed by atoms with E-state index < -0.39 is 0 Å². The Bertz CT molecular complexity index is 778. The van der Waals surface area contributed by atoms with Gasteiger partial charge in [0.1, 0.15) is 0 Å². The molecule has 1 aliphatic heterocycles. The summed E-state index contributed by atoms with van der Waals surface area (Å²) < 4.78 is 0. The minimum Gasteiger partial charge on any atom is -0.384 e. The van der Waals surface area contributed by atoms with E-state index in [9.17, 15) is 4.79 Å². The molecule has 124 valence electrons. The lowest BCUT2D eigenvalue weighted by Crippen LogP contribution is -2.21. The van der Waals surface area contributed by atoms with E-state index in [0.29, 0.717) is 5.02 Å². The van der Waals surface area contributed by atoms with Crippen molar-refractivity contribution in [2.45, 2.75) is 24.7 Å². The minimum atomic E-state index is -0.333. The molecule has 5 heteroatoms. The van der Waals surface area contributed by atoms with E-state index in [-0.39, 0.29) is 23.7 Å². The van der Waals surface area contributed by atoms with Gasteiger partial charge in [-0.2, -0.15) is 0 Å². The van der Waals surface area contributed by atoms with Crippen LogP contribution >= 0.6 is 11.6 Å². The first-order valence-corrected chi connectivity index (χ1v) is 8.63. The molecule has 2 aromatic rings. The Labute approximate surface area is 145 Å². The van der Waals surface area contributed by atoms with Crippen LogP contribution in [0.15, 0.2) is 42.5 Å². The fourth-order valence-electron chi connectivity index (χ4n) is 3.98. The maximum Gasteiger partial charge on any atom is 0.247 e. The Morgan fingerprint density at radius 1 is 1.17 bits per heavy atom. The van der Waals surface area contributed by atoms with Crippen molar-refractivity contribution < 1.29 is 10.0 Å². The normalized spacial score (nSPS) is 24.7. The van der Waals surface area contributed by atoms with Crippen molar-refractivity contribution in [1.29, 1.82) is 0 Å². The number of nitrogens with one attached hydrogen (secondary N) is 2. The number of rotatable bonds is 3. The highest BCUT2D eigenvalue weighted by molar-refractivity contribution is 6.33. The molecule has 1 saturated carbocycles. The molecule has 2 aromatic carbocycles. The Morgan fingerprint density at radius 3 is 2.67 bits per heavy atom. The third-order valence-corrected chi connectivity index (χ3v) is 5.42. The quantitative estimate of drug-likeness (QED) is 0.588. The molecule has 1 heterocycles. The van der Waals surface area contributed by atoms with Crippen molar-refractivity contribution in [3.8, 4) is 0 Å². The topological polar surface area (TPSA) is 61.4 Å². The van der Waals surface area contributed by atoms with Gasteiger partial charge in [-0.05, 0) is 35.6 Å². The maximum atomic E-state index is 12.1. The average Bonchev–Trinajstić information content (AvgIpc) is 3.37. The van der Waals surface area contributed by atoms with E-state index in [1.165, 1.54) is 5.56 Å². The number of hydrogen-bond donors (Lipinski definition) is 3.